The van der Waals surface area contributed by atoms with Gasteiger partial charge >= 0.3 is 0 Å². The second-order valence-corrected chi connectivity index (χ2v) is 7.68. The zero-order valence-electron chi connectivity index (χ0n) is 15.3. The van der Waals surface area contributed by atoms with E-state index in [1.807, 2.05) is 11.3 Å². The molecule has 1 aromatic heterocycles. The van der Waals surface area contributed by atoms with E-state index in [0.717, 1.165) is 11.7 Å². The third-order valence-electron chi connectivity index (χ3n) is 4.44. The van der Waals surface area contributed by atoms with Gasteiger partial charge in [-0.1, -0.05) is 82.2 Å². The minimum Gasteiger partial charge on any atom is -0.357 e. The average Bonchev–Trinajstić information content (AvgIpc) is 2.96. The van der Waals surface area contributed by atoms with Crippen LogP contribution in [-0.4, -0.2) is 4.98 Å². The molecular weight excluding hydrogens is 312 g/mol. The van der Waals surface area contributed by atoms with E-state index in [0.29, 0.717) is 0 Å². The van der Waals surface area contributed by atoms with Crippen molar-refractivity contribution in [2.75, 3.05) is 5.32 Å². The summed E-state index contributed by atoms with van der Waals surface area (Å²) in [6.45, 7) is 5.27. The van der Waals surface area contributed by atoms with Crippen LogP contribution >= 0.6 is 11.3 Å². The number of nitrogens with zero attached hydrogens (tertiary/aromatic N) is 1. The summed E-state index contributed by atoms with van der Waals surface area (Å²) >= 11 is 1.83. The van der Waals surface area contributed by atoms with Crippen molar-refractivity contribution < 1.29 is 0 Å². The maximum atomic E-state index is 4.68. The third kappa shape index (κ3) is 7.04. The Hall–Kier alpha value is -1.35. The highest BCUT2D eigenvalue weighted by Crippen LogP contribution is 2.25. The highest BCUT2D eigenvalue weighted by atomic mass is 32.1. The predicted octanol–water partition coefficient (Wildman–Crippen LogP) is 6.75. The molecule has 2 rings (SSSR count). The first-order valence-corrected chi connectivity index (χ1v) is 10.4. The third-order valence-corrected chi connectivity index (χ3v) is 5.61. The molecule has 2 nitrogen and oxygen atoms in total. The minimum absolute atomic E-state index is 0.852. The summed E-state index contributed by atoms with van der Waals surface area (Å²) in [6.07, 6.45) is 12.2. The largest absolute Gasteiger partial charge is 0.357 e. The van der Waals surface area contributed by atoms with Crippen molar-refractivity contribution in [1.29, 1.82) is 0 Å². The highest BCUT2D eigenvalue weighted by molar-refractivity contribution is 7.15. The van der Waals surface area contributed by atoms with Gasteiger partial charge in [0, 0.05) is 11.4 Å². The predicted molar refractivity (Wildman–Crippen MR) is 107 cm³/mol. The van der Waals surface area contributed by atoms with Crippen LogP contribution in [0.25, 0.3) is 0 Å². The van der Waals surface area contributed by atoms with E-state index < -0.39 is 0 Å². The van der Waals surface area contributed by atoms with E-state index in [2.05, 4.69) is 54.5 Å². The SMILES string of the molecule is CCCCCCCCCCc1sc(NCc2ccccc2)nc1C. The van der Waals surface area contributed by atoms with Crippen molar-refractivity contribution in [1.82, 2.24) is 4.98 Å². The topological polar surface area (TPSA) is 24.9 Å². The van der Waals surface area contributed by atoms with Gasteiger partial charge in [0.1, 0.15) is 0 Å². The number of thiazole rings is 1. The number of unbranched alkanes of at least 4 members (excludes halogenated alkanes) is 7. The molecule has 2 aromatic rings. The van der Waals surface area contributed by atoms with Crippen LogP contribution in [0.1, 0.15) is 74.4 Å². The van der Waals surface area contributed by atoms with Crippen molar-refractivity contribution in [3.63, 3.8) is 0 Å². The van der Waals surface area contributed by atoms with E-state index in [1.54, 1.807) is 0 Å². The molecule has 1 N–H and O–H groups in total. The fraction of sp³-hybridized carbons (Fsp3) is 0.571. The Morgan fingerprint density at radius 2 is 1.58 bits per heavy atom. The molecule has 0 amide bonds. The van der Waals surface area contributed by atoms with Gasteiger partial charge in [0.05, 0.1) is 5.69 Å². The lowest BCUT2D eigenvalue weighted by Crippen LogP contribution is -1.98. The molecule has 0 atom stereocenters. The van der Waals surface area contributed by atoms with Gasteiger partial charge in [0.15, 0.2) is 5.13 Å². The van der Waals surface area contributed by atoms with Crippen molar-refractivity contribution in [2.24, 2.45) is 0 Å². The monoisotopic (exact) mass is 344 g/mol. The number of rotatable bonds is 12. The van der Waals surface area contributed by atoms with Gasteiger partial charge in [0.25, 0.3) is 0 Å². The number of aryl methyl sites for hydroxylation is 2. The number of hydrogen-bond acceptors (Lipinski definition) is 3. The smallest absolute Gasteiger partial charge is 0.183 e. The number of hydrogen-bond donors (Lipinski definition) is 1. The summed E-state index contributed by atoms with van der Waals surface area (Å²) in [5.41, 5.74) is 2.51. The molecule has 0 bridgehead atoms. The first-order valence-electron chi connectivity index (χ1n) is 9.53. The normalized spacial score (nSPS) is 10.9. The van der Waals surface area contributed by atoms with Gasteiger partial charge in [-0.3, -0.25) is 0 Å². The van der Waals surface area contributed by atoms with Crippen molar-refractivity contribution >= 4 is 16.5 Å². The molecule has 0 aliphatic rings. The fourth-order valence-electron chi connectivity index (χ4n) is 2.93. The first-order chi connectivity index (χ1) is 11.8. The summed E-state index contributed by atoms with van der Waals surface area (Å²) in [7, 11) is 0. The van der Waals surface area contributed by atoms with Crippen molar-refractivity contribution in [2.45, 2.75) is 78.2 Å². The fourth-order valence-corrected chi connectivity index (χ4v) is 3.93. The first kappa shape index (κ1) is 19.0. The molecule has 0 radical (unpaired) electrons. The van der Waals surface area contributed by atoms with Crippen LogP contribution in [0.3, 0.4) is 0 Å². The quantitative estimate of drug-likeness (QED) is 0.431. The van der Waals surface area contributed by atoms with Crippen LogP contribution < -0.4 is 5.32 Å². The molecule has 3 heteroatoms. The lowest BCUT2D eigenvalue weighted by Gasteiger charge is -2.02. The highest BCUT2D eigenvalue weighted by Gasteiger charge is 2.07. The van der Waals surface area contributed by atoms with E-state index in [1.165, 1.54) is 73.9 Å². The van der Waals surface area contributed by atoms with E-state index in [4.69, 9.17) is 0 Å². The molecule has 24 heavy (non-hydrogen) atoms. The van der Waals surface area contributed by atoms with Crippen LogP contribution in [0.5, 0.6) is 0 Å². The molecular formula is C21H32N2S. The van der Waals surface area contributed by atoms with Crippen LogP contribution in [0.15, 0.2) is 30.3 Å². The summed E-state index contributed by atoms with van der Waals surface area (Å²) in [5.74, 6) is 0. The van der Waals surface area contributed by atoms with Crippen LogP contribution in [-0.2, 0) is 13.0 Å². The number of benzene rings is 1. The zero-order valence-corrected chi connectivity index (χ0v) is 16.1. The van der Waals surface area contributed by atoms with Gasteiger partial charge < -0.3 is 5.32 Å². The molecule has 0 spiro atoms. The molecule has 132 valence electrons. The Balaban J connectivity index is 1.64. The summed E-state index contributed by atoms with van der Waals surface area (Å²) in [6, 6.07) is 10.5. The molecule has 0 unspecified atom stereocenters. The number of aromatic nitrogens is 1. The molecule has 0 saturated carbocycles. The molecule has 0 saturated heterocycles. The van der Waals surface area contributed by atoms with Crippen LogP contribution in [0, 0.1) is 6.92 Å². The van der Waals surface area contributed by atoms with Crippen LogP contribution in [0.2, 0.25) is 0 Å². The molecule has 0 aliphatic heterocycles. The van der Waals surface area contributed by atoms with E-state index in [9.17, 15) is 0 Å². The Morgan fingerprint density at radius 3 is 2.29 bits per heavy atom. The second kappa shape index (κ2) is 11.2. The van der Waals surface area contributed by atoms with E-state index in [-0.39, 0.29) is 0 Å². The molecule has 0 aliphatic carbocycles. The Morgan fingerprint density at radius 1 is 0.917 bits per heavy atom. The van der Waals surface area contributed by atoms with Gasteiger partial charge in [-0.2, -0.15) is 0 Å². The van der Waals surface area contributed by atoms with Gasteiger partial charge in [0.2, 0.25) is 0 Å². The Bertz CT molecular complexity index is 562. The average molecular weight is 345 g/mol. The second-order valence-electron chi connectivity index (χ2n) is 6.59. The molecule has 0 fully saturated rings. The standard InChI is InChI=1S/C21H32N2S/c1-3-4-5-6-7-8-9-13-16-20-18(2)23-21(24-20)22-17-19-14-11-10-12-15-19/h10-12,14-15H,3-9,13,16-17H2,1-2H3,(H,22,23). The van der Waals surface area contributed by atoms with Crippen LogP contribution in [0.4, 0.5) is 5.13 Å². The Kier molecular flexibility index (Phi) is 8.90. The maximum absolute atomic E-state index is 4.68. The molecule has 1 heterocycles. The summed E-state index contributed by atoms with van der Waals surface area (Å²) in [4.78, 5) is 6.14. The lowest BCUT2D eigenvalue weighted by molar-refractivity contribution is 0.576. The lowest BCUT2D eigenvalue weighted by atomic mass is 10.1. The zero-order chi connectivity index (χ0) is 17.0. The van der Waals surface area contributed by atoms with Crippen molar-refractivity contribution in [3.05, 3.63) is 46.5 Å². The van der Waals surface area contributed by atoms with Gasteiger partial charge in [-0.05, 0) is 25.3 Å². The summed E-state index contributed by atoms with van der Waals surface area (Å²) < 4.78 is 0. The van der Waals surface area contributed by atoms with Gasteiger partial charge in [-0.25, -0.2) is 4.98 Å². The molecule has 1 aromatic carbocycles. The minimum atomic E-state index is 0.852. The summed E-state index contributed by atoms with van der Waals surface area (Å²) in [5, 5.41) is 4.52. The van der Waals surface area contributed by atoms with Gasteiger partial charge in [-0.15, -0.1) is 11.3 Å². The number of nitrogens with one attached hydrogen (secondary N) is 1. The van der Waals surface area contributed by atoms with E-state index >= 15 is 0 Å². The van der Waals surface area contributed by atoms with Crippen molar-refractivity contribution in [3.8, 4) is 0 Å². The maximum Gasteiger partial charge on any atom is 0.183 e. The number of anilines is 1. The Labute approximate surface area is 151 Å².